The highest BCUT2D eigenvalue weighted by Crippen LogP contribution is 2.31. The van der Waals surface area contributed by atoms with Gasteiger partial charge in [-0.15, -0.1) is 0 Å². The van der Waals surface area contributed by atoms with Crippen molar-refractivity contribution in [3.8, 4) is 0 Å². The van der Waals surface area contributed by atoms with Gasteiger partial charge in [-0.25, -0.2) is 4.79 Å². The van der Waals surface area contributed by atoms with Crippen LogP contribution in [0.2, 0.25) is 0 Å². The molecular weight excluding hydrogens is 502 g/mol. The Bertz CT molecular complexity index is 1060. The quantitative estimate of drug-likeness (QED) is 0.291. The highest BCUT2D eigenvalue weighted by molar-refractivity contribution is 5.94. The van der Waals surface area contributed by atoms with Crippen molar-refractivity contribution in [1.29, 1.82) is 0 Å². The molecule has 0 bridgehead atoms. The molecule has 1 saturated heterocycles. The molecule has 2 aromatic carbocycles. The summed E-state index contributed by atoms with van der Waals surface area (Å²) in [6, 6.07) is 19.3. The SMILES string of the molecule is O=C(NCCCCCCCN1CC(=O)N(Cc2ccccc2)[C@@H](CC2CCCCC2)C1=O)OCc1ccccc1. The summed E-state index contributed by atoms with van der Waals surface area (Å²) < 4.78 is 5.24. The van der Waals surface area contributed by atoms with Gasteiger partial charge < -0.3 is 19.9 Å². The Morgan fingerprint density at radius 3 is 2.20 bits per heavy atom. The molecule has 1 saturated carbocycles. The van der Waals surface area contributed by atoms with Crippen LogP contribution in [0.15, 0.2) is 60.7 Å². The second kappa shape index (κ2) is 16.0. The number of ether oxygens (including phenoxy) is 1. The lowest BCUT2D eigenvalue weighted by atomic mass is 9.83. The fourth-order valence-corrected chi connectivity index (χ4v) is 5.91. The van der Waals surface area contributed by atoms with E-state index in [-0.39, 0.29) is 37.1 Å². The molecule has 1 heterocycles. The second-order valence-corrected chi connectivity index (χ2v) is 11.3. The van der Waals surface area contributed by atoms with E-state index in [0.717, 1.165) is 62.5 Å². The van der Waals surface area contributed by atoms with Crippen molar-refractivity contribution in [1.82, 2.24) is 15.1 Å². The second-order valence-electron chi connectivity index (χ2n) is 11.3. The first-order valence-electron chi connectivity index (χ1n) is 15.2. The number of nitrogens with zero attached hydrogens (tertiary/aromatic N) is 2. The predicted molar refractivity (Wildman–Crippen MR) is 156 cm³/mol. The van der Waals surface area contributed by atoms with Crippen LogP contribution in [0.4, 0.5) is 4.79 Å². The van der Waals surface area contributed by atoms with Gasteiger partial charge in [-0.3, -0.25) is 9.59 Å². The Balaban J connectivity index is 1.16. The molecule has 1 aliphatic heterocycles. The Morgan fingerprint density at radius 2 is 1.48 bits per heavy atom. The van der Waals surface area contributed by atoms with E-state index in [1.165, 1.54) is 19.3 Å². The topological polar surface area (TPSA) is 79.0 Å². The molecule has 0 unspecified atom stereocenters. The normalized spacial score (nSPS) is 18.1. The Hall–Kier alpha value is -3.35. The lowest BCUT2D eigenvalue weighted by Crippen LogP contribution is -2.60. The number of hydrogen-bond donors (Lipinski definition) is 1. The van der Waals surface area contributed by atoms with Crippen LogP contribution in [0.25, 0.3) is 0 Å². The number of rotatable bonds is 14. The van der Waals surface area contributed by atoms with Gasteiger partial charge in [0.15, 0.2) is 0 Å². The number of carbonyl (C=O) groups excluding carboxylic acids is 3. The Labute approximate surface area is 239 Å². The number of unbranched alkanes of at least 4 members (excludes halogenated alkanes) is 4. The molecule has 40 heavy (non-hydrogen) atoms. The first-order chi connectivity index (χ1) is 19.6. The molecule has 0 aromatic heterocycles. The predicted octanol–water partition coefficient (Wildman–Crippen LogP) is 6.07. The van der Waals surface area contributed by atoms with Crippen molar-refractivity contribution in [3.63, 3.8) is 0 Å². The number of benzene rings is 2. The zero-order valence-electron chi connectivity index (χ0n) is 23.8. The first kappa shape index (κ1) is 29.6. The molecule has 4 rings (SSSR count). The Kier molecular flexibility index (Phi) is 11.9. The molecule has 0 radical (unpaired) electrons. The third-order valence-electron chi connectivity index (χ3n) is 8.18. The fourth-order valence-electron chi connectivity index (χ4n) is 5.91. The fraction of sp³-hybridized carbons (Fsp3) is 0.545. The van der Waals surface area contributed by atoms with E-state index in [9.17, 15) is 14.4 Å². The van der Waals surface area contributed by atoms with Crippen molar-refractivity contribution in [2.45, 2.75) is 89.8 Å². The average Bonchev–Trinajstić information content (AvgIpc) is 2.99. The molecule has 2 fully saturated rings. The summed E-state index contributed by atoms with van der Waals surface area (Å²) in [5.74, 6) is 0.715. The molecule has 7 heteroatoms. The van der Waals surface area contributed by atoms with Crippen LogP contribution in [0, 0.1) is 5.92 Å². The van der Waals surface area contributed by atoms with Crippen molar-refractivity contribution in [2.75, 3.05) is 19.6 Å². The van der Waals surface area contributed by atoms with Crippen LogP contribution in [-0.4, -0.2) is 53.4 Å². The molecular formula is C33H45N3O4. The summed E-state index contributed by atoms with van der Waals surface area (Å²) >= 11 is 0. The van der Waals surface area contributed by atoms with E-state index >= 15 is 0 Å². The van der Waals surface area contributed by atoms with E-state index in [1.807, 2.05) is 70.5 Å². The van der Waals surface area contributed by atoms with Crippen LogP contribution in [0.5, 0.6) is 0 Å². The number of alkyl carbamates (subject to hydrolysis) is 1. The van der Waals surface area contributed by atoms with E-state index in [1.54, 1.807) is 0 Å². The summed E-state index contributed by atoms with van der Waals surface area (Å²) in [6.07, 6.45) is 11.3. The first-order valence-corrected chi connectivity index (χ1v) is 15.2. The zero-order chi connectivity index (χ0) is 28.0. The van der Waals surface area contributed by atoms with Gasteiger partial charge >= 0.3 is 6.09 Å². The van der Waals surface area contributed by atoms with Gasteiger partial charge in [0.2, 0.25) is 11.8 Å². The highest BCUT2D eigenvalue weighted by atomic mass is 16.5. The zero-order valence-corrected chi connectivity index (χ0v) is 23.8. The summed E-state index contributed by atoms with van der Waals surface area (Å²) in [7, 11) is 0. The largest absolute Gasteiger partial charge is 0.445 e. The van der Waals surface area contributed by atoms with Crippen molar-refractivity contribution in [3.05, 3.63) is 71.8 Å². The van der Waals surface area contributed by atoms with Gasteiger partial charge in [-0.1, -0.05) is 112 Å². The van der Waals surface area contributed by atoms with Gasteiger partial charge in [0.05, 0.1) is 6.54 Å². The molecule has 216 valence electrons. The molecule has 7 nitrogen and oxygen atoms in total. The summed E-state index contributed by atoms with van der Waals surface area (Å²) in [6.45, 7) is 2.18. The summed E-state index contributed by atoms with van der Waals surface area (Å²) in [5.41, 5.74) is 2.04. The van der Waals surface area contributed by atoms with E-state index in [0.29, 0.717) is 25.6 Å². The number of hydrogen-bond acceptors (Lipinski definition) is 4. The number of nitrogens with one attached hydrogen (secondary N) is 1. The van der Waals surface area contributed by atoms with E-state index < -0.39 is 0 Å². The molecule has 2 aromatic rings. The van der Waals surface area contributed by atoms with Gasteiger partial charge in [-0.2, -0.15) is 0 Å². The minimum atomic E-state index is -0.388. The number of piperazine rings is 1. The lowest BCUT2D eigenvalue weighted by Gasteiger charge is -2.42. The van der Waals surface area contributed by atoms with Crippen molar-refractivity contribution >= 4 is 17.9 Å². The van der Waals surface area contributed by atoms with Crippen molar-refractivity contribution in [2.24, 2.45) is 5.92 Å². The lowest BCUT2D eigenvalue weighted by molar-refractivity contribution is -0.157. The average molecular weight is 548 g/mol. The maximum Gasteiger partial charge on any atom is 0.407 e. The van der Waals surface area contributed by atoms with E-state index in [2.05, 4.69) is 5.32 Å². The standard InChI is InChI=1S/C33H45N3O4/c37-31-25-35(22-14-3-1-2-13-21-34-33(39)40-26-29-19-11-6-12-20-29)32(38)30(23-27-15-7-4-8-16-27)36(31)24-28-17-9-5-10-18-28/h5-6,9-12,17-20,27,30H,1-4,7-8,13-16,21-26H2,(H,34,39)/t30-/m0/s1. The van der Waals surface area contributed by atoms with Gasteiger partial charge in [-0.05, 0) is 36.3 Å². The van der Waals surface area contributed by atoms with Crippen LogP contribution in [0.1, 0.15) is 81.8 Å². The Morgan fingerprint density at radius 1 is 0.825 bits per heavy atom. The van der Waals surface area contributed by atoms with Gasteiger partial charge in [0.1, 0.15) is 12.6 Å². The van der Waals surface area contributed by atoms with E-state index in [4.69, 9.17) is 4.74 Å². The van der Waals surface area contributed by atoms with Crippen LogP contribution in [0.3, 0.4) is 0 Å². The highest BCUT2D eigenvalue weighted by Gasteiger charge is 2.40. The smallest absolute Gasteiger partial charge is 0.407 e. The number of amides is 3. The summed E-state index contributed by atoms with van der Waals surface area (Å²) in [4.78, 5) is 42.4. The third-order valence-corrected chi connectivity index (χ3v) is 8.18. The molecule has 2 aliphatic rings. The van der Waals surface area contributed by atoms with Gasteiger partial charge in [0.25, 0.3) is 0 Å². The van der Waals surface area contributed by atoms with Crippen LogP contribution < -0.4 is 5.32 Å². The molecule has 0 spiro atoms. The van der Waals surface area contributed by atoms with Crippen LogP contribution in [-0.2, 0) is 27.5 Å². The third kappa shape index (κ3) is 9.39. The maximum atomic E-state index is 13.6. The van der Waals surface area contributed by atoms with Crippen molar-refractivity contribution < 1.29 is 19.1 Å². The molecule has 1 atom stereocenters. The minimum Gasteiger partial charge on any atom is -0.445 e. The monoisotopic (exact) mass is 547 g/mol. The molecule has 3 amide bonds. The molecule has 1 aliphatic carbocycles. The minimum absolute atomic E-state index is 0.0643. The summed E-state index contributed by atoms with van der Waals surface area (Å²) in [5, 5.41) is 2.81. The van der Waals surface area contributed by atoms with Crippen LogP contribution >= 0.6 is 0 Å². The maximum absolute atomic E-state index is 13.6. The van der Waals surface area contributed by atoms with Gasteiger partial charge in [0, 0.05) is 19.6 Å². The molecule has 1 N–H and O–H groups in total. The number of carbonyl (C=O) groups is 3.